The number of nitrogens with zero attached hydrogens (tertiary/aromatic N) is 2. The van der Waals surface area contributed by atoms with Crippen LogP contribution in [0, 0.1) is 0 Å². The summed E-state index contributed by atoms with van der Waals surface area (Å²) in [6, 6.07) is 4.73. The molecule has 0 saturated carbocycles. The van der Waals surface area contributed by atoms with Crippen LogP contribution in [0.15, 0.2) is 20.4 Å². The van der Waals surface area contributed by atoms with E-state index < -0.39 is 0 Å². The molecular weight excluding hydrogens is 402 g/mol. The minimum atomic E-state index is 0.314. The van der Waals surface area contributed by atoms with E-state index in [1.807, 2.05) is 7.05 Å². The molecule has 0 saturated heterocycles. The summed E-state index contributed by atoms with van der Waals surface area (Å²) >= 11 is 8.90. The van der Waals surface area contributed by atoms with E-state index in [2.05, 4.69) is 72.9 Å². The normalized spacial score (nSPS) is 12.8. The number of aromatic nitrogens is 2. The highest BCUT2D eigenvalue weighted by Crippen LogP contribution is 2.36. The fourth-order valence-corrected chi connectivity index (χ4v) is 4.41. The molecule has 2 rings (SSSR count). The summed E-state index contributed by atoms with van der Waals surface area (Å²) in [5.74, 6) is 0. The lowest BCUT2D eigenvalue weighted by Crippen LogP contribution is -2.19. The molecule has 2 heterocycles. The molecule has 1 unspecified atom stereocenters. The maximum Gasteiger partial charge on any atom is 0.0843 e. The summed E-state index contributed by atoms with van der Waals surface area (Å²) in [5, 5.41) is 8.04. The van der Waals surface area contributed by atoms with Crippen molar-refractivity contribution in [1.29, 1.82) is 0 Å². The average Bonchev–Trinajstić information content (AvgIpc) is 2.99. The van der Waals surface area contributed by atoms with Gasteiger partial charge in [-0.25, -0.2) is 0 Å². The van der Waals surface area contributed by atoms with Crippen LogP contribution in [0.25, 0.3) is 0 Å². The number of hydrogen-bond donors (Lipinski definition) is 1. The fraction of sp³-hybridized carbons (Fsp3) is 0.500. The maximum absolute atomic E-state index is 4.62. The summed E-state index contributed by atoms with van der Waals surface area (Å²) in [6.45, 7) is 5.21. The van der Waals surface area contributed by atoms with Gasteiger partial charge in [0.15, 0.2) is 0 Å². The van der Waals surface area contributed by atoms with Gasteiger partial charge in [-0.05, 0) is 64.4 Å². The third-order valence-corrected chi connectivity index (χ3v) is 6.71. The zero-order valence-electron chi connectivity index (χ0n) is 11.9. The second-order valence-corrected chi connectivity index (χ2v) is 7.87. The Kier molecular flexibility index (Phi) is 5.84. The van der Waals surface area contributed by atoms with E-state index in [-0.39, 0.29) is 0 Å². The Hall–Kier alpha value is -0.170. The minimum absolute atomic E-state index is 0.314. The van der Waals surface area contributed by atoms with Crippen molar-refractivity contribution >= 4 is 43.2 Å². The maximum atomic E-state index is 4.62. The van der Waals surface area contributed by atoms with Gasteiger partial charge < -0.3 is 5.32 Å². The van der Waals surface area contributed by atoms with Crippen LogP contribution in [0.3, 0.4) is 0 Å². The Bertz CT molecular complexity index is 557. The second kappa shape index (κ2) is 7.20. The van der Waals surface area contributed by atoms with Crippen LogP contribution in [0.2, 0.25) is 0 Å². The SMILES string of the molecule is CCc1cc(CC(NC)c2cc(Br)c(Br)s2)n(CC)n1. The molecule has 0 aliphatic rings. The first-order valence-electron chi connectivity index (χ1n) is 6.76. The van der Waals surface area contributed by atoms with Gasteiger partial charge in [0.25, 0.3) is 0 Å². The quantitative estimate of drug-likeness (QED) is 0.742. The number of hydrogen-bond acceptors (Lipinski definition) is 3. The lowest BCUT2D eigenvalue weighted by Gasteiger charge is -2.15. The van der Waals surface area contributed by atoms with E-state index in [0.717, 1.165) is 27.6 Å². The first-order valence-corrected chi connectivity index (χ1v) is 9.16. The van der Waals surface area contributed by atoms with Crippen LogP contribution < -0.4 is 5.32 Å². The molecule has 1 atom stereocenters. The number of likely N-dealkylation sites (N-methyl/N-ethyl adjacent to an activating group) is 1. The van der Waals surface area contributed by atoms with Crippen molar-refractivity contribution in [2.45, 2.75) is 39.3 Å². The third kappa shape index (κ3) is 3.53. The summed E-state index contributed by atoms with van der Waals surface area (Å²) in [4.78, 5) is 1.33. The van der Waals surface area contributed by atoms with Crippen molar-refractivity contribution in [3.8, 4) is 0 Å². The van der Waals surface area contributed by atoms with Gasteiger partial charge in [0.05, 0.1) is 9.48 Å². The first-order chi connectivity index (χ1) is 9.58. The van der Waals surface area contributed by atoms with Crippen LogP contribution in [-0.4, -0.2) is 16.8 Å². The molecule has 0 aliphatic heterocycles. The highest BCUT2D eigenvalue weighted by atomic mass is 79.9. The molecule has 0 fully saturated rings. The number of nitrogens with one attached hydrogen (secondary N) is 1. The predicted octanol–water partition coefficient (Wildman–Crippen LogP) is 4.56. The van der Waals surface area contributed by atoms with E-state index in [0.29, 0.717) is 6.04 Å². The highest BCUT2D eigenvalue weighted by molar-refractivity contribution is 9.13. The van der Waals surface area contributed by atoms with Gasteiger partial charge in [0, 0.05) is 34.1 Å². The van der Waals surface area contributed by atoms with Crippen LogP contribution in [-0.2, 0) is 19.4 Å². The van der Waals surface area contributed by atoms with E-state index in [9.17, 15) is 0 Å². The molecule has 2 aromatic rings. The van der Waals surface area contributed by atoms with E-state index in [4.69, 9.17) is 0 Å². The van der Waals surface area contributed by atoms with Crippen LogP contribution in [0.5, 0.6) is 0 Å². The molecule has 0 aromatic carbocycles. The van der Waals surface area contributed by atoms with Gasteiger partial charge in [-0.3, -0.25) is 4.68 Å². The zero-order valence-corrected chi connectivity index (χ0v) is 15.9. The molecule has 0 bridgehead atoms. The fourth-order valence-electron chi connectivity index (χ4n) is 2.21. The van der Waals surface area contributed by atoms with Gasteiger partial charge >= 0.3 is 0 Å². The zero-order chi connectivity index (χ0) is 14.7. The Labute approximate surface area is 141 Å². The van der Waals surface area contributed by atoms with E-state index in [1.165, 1.54) is 16.3 Å². The third-order valence-electron chi connectivity index (χ3n) is 3.35. The lowest BCUT2D eigenvalue weighted by atomic mass is 10.1. The molecule has 0 spiro atoms. The summed E-state index contributed by atoms with van der Waals surface area (Å²) in [6.07, 6.45) is 1.94. The molecule has 3 nitrogen and oxygen atoms in total. The predicted molar refractivity (Wildman–Crippen MR) is 92.5 cm³/mol. The van der Waals surface area contributed by atoms with Crippen LogP contribution in [0.1, 0.15) is 36.2 Å². The lowest BCUT2D eigenvalue weighted by molar-refractivity contribution is 0.546. The monoisotopic (exact) mass is 419 g/mol. The number of aryl methyl sites for hydroxylation is 2. The smallest absolute Gasteiger partial charge is 0.0843 e. The summed E-state index contributed by atoms with van der Waals surface area (Å²) < 4.78 is 4.38. The minimum Gasteiger partial charge on any atom is -0.312 e. The van der Waals surface area contributed by atoms with Crippen molar-refractivity contribution in [2.75, 3.05) is 7.05 Å². The van der Waals surface area contributed by atoms with Gasteiger partial charge in [0.2, 0.25) is 0 Å². The molecule has 2 aromatic heterocycles. The number of rotatable bonds is 6. The standard InChI is InChI=1S/C14H19Br2N3S/c1-4-9-6-10(19(5-2)18-9)7-12(17-3)13-8-11(15)14(16)20-13/h6,8,12,17H,4-5,7H2,1-3H3. The van der Waals surface area contributed by atoms with Crippen molar-refractivity contribution in [2.24, 2.45) is 0 Å². The Balaban J connectivity index is 2.23. The molecular formula is C14H19Br2N3S. The Morgan fingerprint density at radius 1 is 1.35 bits per heavy atom. The number of halogens is 2. The molecule has 6 heteroatoms. The van der Waals surface area contributed by atoms with Gasteiger partial charge in [-0.2, -0.15) is 5.10 Å². The highest BCUT2D eigenvalue weighted by Gasteiger charge is 2.17. The second-order valence-electron chi connectivity index (χ2n) is 4.61. The molecule has 1 N–H and O–H groups in total. The van der Waals surface area contributed by atoms with Crippen LogP contribution >= 0.6 is 43.2 Å². The molecule has 110 valence electrons. The topological polar surface area (TPSA) is 29.9 Å². The van der Waals surface area contributed by atoms with Crippen molar-refractivity contribution in [3.63, 3.8) is 0 Å². The molecule has 0 amide bonds. The Morgan fingerprint density at radius 2 is 2.10 bits per heavy atom. The average molecular weight is 421 g/mol. The molecule has 0 radical (unpaired) electrons. The van der Waals surface area contributed by atoms with Crippen LogP contribution in [0.4, 0.5) is 0 Å². The molecule has 0 aliphatic carbocycles. The summed E-state index contributed by atoms with van der Waals surface area (Å²) in [5.41, 5.74) is 2.47. The van der Waals surface area contributed by atoms with E-state index in [1.54, 1.807) is 11.3 Å². The van der Waals surface area contributed by atoms with Crippen molar-refractivity contribution in [3.05, 3.63) is 36.7 Å². The van der Waals surface area contributed by atoms with Gasteiger partial charge in [-0.15, -0.1) is 11.3 Å². The number of thiophene rings is 1. The largest absolute Gasteiger partial charge is 0.312 e. The van der Waals surface area contributed by atoms with Gasteiger partial charge in [0.1, 0.15) is 0 Å². The summed E-state index contributed by atoms with van der Waals surface area (Å²) in [7, 11) is 2.01. The van der Waals surface area contributed by atoms with Crippen molar-refractivity contribution in [1.82, 2.24) is 15.1 Å². The van der Waals surface area contributed by atoms with Crippen molar-refractivity contribution < 1.29 is 0 Å². The first kappa shape index (κ1) is 16.2. The van der Waals surface area contributed by atoms with E-state index >= 15 is 0 Å². The van der Waals surface area contributed by atoms with Gasteiger partial charge in [-0.1, -0.05) is 6.92 Å². The Morgan fingerprint density at radius 3 is 2.60 bits per heavy atom. The molecule has 20 heavy (non-hydrogen) atoms.